The van der Waals surface area contributed by atoms with Crippen LogP contribution in [0.3, 0.4) is 0 Å². The molecule has 2 aliphatic heterocycles. The van der Waals surface area contributed by atoms with Crippen molar-refractivity contribution in [2.45, 2.75) is 44.6 Å². The van der Waals surface area contributed by atoms with Gasteiger partial charge in [-0.15, -0.1) is 0 Å². The number of fused-ring (bicyclic) bond motifs is 1. The third kappa shape index (κ3) is 4.95. The van der Waals surface area contributed by atoms with Crippen LogP contribution in [0.1, 0.15) is 37.7 Å². The van der Waals surface area contributed by atoms with E-state index in [1.54, 1.807) is 0 Å². The Morgan fingerprint density at radius 2 is 2.04 bits per heavy atom. The maximum absolute atomic E-state index is 12.4. The lowest BCUT2D eigenvalue weighted by Crippen LogP contribution is -2.38. The van der Waals surface area contributed by atoms with E-state index in [0.717, 1.165) is 44.5 Å². The van der Waals surface area contributed by atoms with Crippen molar-refractivity contribution in [1.29, 1.82) is 0 Å². The predicted octanol–water partition coefficient (Wildman–Crippen LogP) is 2.22. The molecule has 0 bridgehead atoms. The van der Waals surface area contributed by atoms with E-state index in [2.05, 4.69) is 16.7 Å². The Kier molecular flexibility index (Phi) is 6.28. The molecule has 1 saturated heterocycles. The summed E-state index contributed by atoms with van der Waals surface area (Å²) in [6, 6.07) is 7.88. The number of carbonyl (C=O) groups excluding carboxylic acids is 2. The Balaban J connectivity index is 1.28. The summed E-state index contributed by atoms with van der Waals surface area (Å²) in [6.45, 7) is 2.73. The number of hydrogen-bond acceptors (Lipinski definition) is 3. The molecule has 2 N–H and O–H groups in total. The van der Waals surface area contributed by atoms with E-state index in [4.69, 9.17) is 4.74 Å². The number of urea groups is 1. The van der Waals surface area contributed by atoms with E-state index in [1.165, 1.54) is 5.56 Å². The van der Waals surface area contributed by atoms with Crippen molar-refractivity contribution in [3.63, 3.8) is 0 Å². The third-order valence-electron chi connectivity index (χ3n) is 4.82. The smallest absolute Gasteiger partial charge is 0.314 e. The SMILES string of the molecule is O=C(NCCCC(=O)N1CCc2ccccc21)NCCC1CCCO1. The number of hydrogen-bond donors (Lipinski definition) is 2. The van der Waals surface area contributed by atoms with Crippen LogP contribution < -0.4 is 15.5 Å². The first-order chi connectivity index (χ1) is 12.2. The van der Waals surface area contributed by atoms with Crippen LogP contribution in [0.25, 0.3) is 0 Å². The van der Waals surface area contributed by atoms with Crippen molar-refractivity contribution < 1.29 is 14.3 Å². The highest BCUT2D eigenvalue weighted by atomic mass is 16.5. The molecule has 25 heavy (non-hydrogen) atoms. The Morgan fingerprint density at radius 3 is 2.88 bits per heavy atom. The van der Waals surface area contributed by atoms with Gasteiger partial charge >= 0.3 is 6.03 Å². The Morgan fingerprint density at radius 1 is 1.20 bits per heavy atom. The molecule has 1 unspecified atom stereocenters. The van der Waals surface area contributed by atoms with Crippen molar-refractivity contribution in [2.24, 2.45) is 0 Å². The molecule has 1 atom stereocenters. The van der Waals surface area contributed by atoms with Gasteiger partial charge < -0.3 is 20.3 Å². The summed E-state index contributed by atoms with van der Waals surface area (Å²) < 4.78 is 5.52. The molecular formula is C19H27N3O3. The minimum atomic E-state index is -0.169. The van der Waals surface area contributed by atoms with Crippen LogP contribution in [0.2, 0.25) is 0 Å². The van der Waals surface area contributed by atoms with E-state index >= 15 is 0 Å². The van der Waals surface area contributed by atoms with Gasteiger partial charge in [0.15, 0.2) is 0 Å². The average molecular weight is 345 g/mol. The second kappa shape index (κ2) is 8.85. The Hall–Kier alpha value is -2.08. The second-order valence-electron chi connectivity index (χ2n) is 6.63. The van der Waals surface area contributed by atoms with Crippen LogP contribution >= 0.6 is 0 Å². The number of nitrogens with zero attached hydrogens (tertiary/aromatic N) is 1. The zero-order valence-electron chi connectivity index (χ0n) is 14.6. The van der Waals surface area contributed by atoms with Crippen LogP contribution in [0.15, 0.2) is 24.3 Å². The molecule has 0 radical (unpaired) electrons. The van der Waals surface area contributed by atoms with E-state index in [-0.39, 0.29) is 11.9 Å². The van der Waals surface area contributed by atoms with Crippen molar-refractivity contribution >= 4 is 17.6 Å². The lowest BCUT2D eigenvalue weighted by Gasteiger charge is -2.17. The molecule has 0 aromatic heterocycles. The number of carbonyl (C=O) groups is 2. The fourth-order valence-electron chi connectivity index (χ4n) is 3.45. The van der Waals surface area contributed by atoms with E-state index in [1.807, 2.05) is 23.1 Å². The maximum atomic E-state index is 12.4. The number of rotatable bonds is 7. The second-order valence-corrected chi connectivity index (χ2v) is 6.63. The number of anilines is 1. The van der Waals surface area contributed by atoms with Crippen molar-refractivity contribution in [3.05, 3.63) is 29.8 Å². The van der Waals surface area contributed by atoms with Gasteiger partial charge in [0.2, 0.25) is 5.91 Å². The maximum Gasteiger partial charge on any atom is 0.314 e. The molecule has 136 valence electrons. The van der Waals surface area contributed by atoms with Crippen LogP contribution in [0.4, 0.5) is 10.5 Å². The molecular weight excluding hydrogens is 318 g/mol. The van der Waals surface area contributed by atoms with Crippen LogP contribution in [0, 0.1) is 0 Å². The molecule has 1 aromatic rings. The van der Waals surface area contributed by atoms with Crippen molar-refractivity contribution in [1.82, 2.24) is 10.6 Å². The monoisotopic (exact) mass is 345 g/mol. The van der Waals surface area contributed by atoms with Crippen LogP contribution in [-0.4, -0.2) is 44.3 Å². The first-order valence-electron chi connectivity index (χ1n) is 9.25. The highest BCUT2D eigenvalue weighted by Gasteiger charge is 2.23. The highest BCUT2D eigenvalue weighted by molar-refractivity contribution is 5.95. The number of para-hydroxylation sites is 1. The van der Waals surface area contributed by atoms with Gasteiger partial charge in [-0.3, -0.25) is 4.79 Å². The number of ether oxygens (including phenoxy) is 1. The van der Waals surface area contributed by atoms with Crippen LogP contribution in [-0.2, 0) is 16.0 Å². The summed E-state index contributed by atoms with van der Waals surface area (Å²) in [4.78, 5) is 25.9. The molecule has 6 nitrogen and oxygen atoms in total. The first kappa shape index (κ1) is 17.7. The van der Waals surface area contributed by atoms with Gasteiger partial charge in [0.05, 0.1) is 6.10 Å². The lowest BCUT2D eigenvalue weighted by atomic mass is 10.2. The summed E-state index contributed by atoms with van der Waals surface area (Å²) in [6.07, 6.45) is 5.38. The molecule has 2 aliphatic rings. The number of benzene rings is 1. The third-order valence-corrected chi connectivity index (χ3v) is 4.82. The zero-order chi connectivity index (χ0) is 17.5. The molecule has 1 aromatic carbocycles. The van der Waals surface area contributed by atoms with E-state index in [9.17, 15) is 9.59 Å². The largest absolute Gasteiger partial charge is 0.378 e. The van der Waals surface area contributed by atoms with E-state index in [0.29, 0.717) is 32.0 Å². The molecule has 2 heterocycles. The number of nitrogens with one attached hydrogen (secondary N) is 2. The fourth-order valence-corrected chi connectivity index (χ4v) is 3.45. The minimum Gasteiger partial charge on any atom is -0.378 e. The summed E-state index contributed by atoms with van der Waals surface area (Å²) in [5.74, 6) is 0.130. The molecule has 3 rings (SSSR count). The normalized spacial score (nSPS) is 18.9. The van der Waals surface area contributed by atoms with Crippen LogP contribution in [0.5, 0.6) is 0 Å². The fraction of sp³-hybridized carbons (Fsp3) is 0.579. The molecule has 1 fully saturated rings. The quantitative estimate of drug-likeness (QED) is 0.745. The van der Waals surface area contributed by atoms with Gasteiger partial charge in [-0.2, -0.15) is 0 Å². The molecule has 3 amide bonds. The molecule has 0 spiro atoms. The standard InChI is InChI=1S/C19H27N3O3/c23-18(22-13-10-15-5-1-2-7-17(15)22)8-3-11-20-19(24)21-12-9-16-6-4-14-25-16/h1-2,5,7,16H,3-4,6,8-14H2,(H2,20,21,24). The lowest BCUT2D eigenvalue weighted by molar-refractivity contribution is -0.118. The molecule has 6 heteroatoms. The minimum absolute atomic E-state index is 0.130. The molecule has 0 aliphatic carbocycles. The van der Waals surface area contributed by atoms with Crippen molar-refractivity contribution in [3.8, 4) is 0 Å². The highest BCUT2D eigenvalue weighted by Crippen LogP contribution is 2.27. The van der Waals surface area contributed by atoms with Gasteiger partial charge in [0.25, 0.3) is 0 Å². The van der Waals surface area contributed by atoms with Gasteiger partial charge in [-0.25, -0.2) is 4.79 Å². The zero-order valence-corrected chi connectivity index (χ0v) is 14.6. The Bertz CT molecular complexity index is 599. The Labute approximate surface area is 148 Å². The first-order valence-corrected chi connectivity index (χ1v) is 9.25. The summed E-state index contributed by atoms with van der Waals surface area (Å²) >= 11 is 0. The summed E-state index contributed by atoms with van der Waals surface area (Å²) in [5, 5.41) is 5.65. The van der Waals surface area contributed by atoms with E-state index < -0.39 is 0 Å². The summed E-state index contributed by atoms with van der Waals surface area (Å²) in [7, 11) is 0. The predicted molar refractivity (Wildman–Crippen MR) is 96.7 cm³/mol. The number of amides is 3. The van der Waals surface area contributed by atoms with Gasteiger partial charge in [-0.1, -0.05) is 18.2 Å². The van der Waals surface area contributed by atoms with Gasteiger partial charge in [0.1, 0.15) is 0 Å². The van der Waals surface area contributed by atoms with Crippen molar-refractivity contribution in [2.75, 3.05) is 31.1 Å². The molecule has 0 saturated carbocycles. The topological polar surface area (TPSA) is 70.7 Å². The van der Waals surface area contributed by atoms with Gasteiger partial charge in [-0.05, 0) is 43.7 Å². The summed E-state index contributed by atoms with van der Waals surface area (Å²) in [5.41, 5.74) is 2.27. The average Bonchev–Trinajstić information content (AvgIpc) is 3.28. The van der Waals surface area contributed by atoms with Gasteiger partial charge in [0, 0.05) is 38.3 Å².